The molecule has 11 heavy (non-hydrogen) atoms. The van der Waals surface area contributed by atoms with Crippen LogP contribution in [0.25, 0.3) is 0 Å². The summed E-state index contributed by atoms with van der Waals surface area (Å²) in [6.07, 6.45) is 0. The molecule has 1 aromatic rings. The zero-order valence-corrected chi connectivity index (χ0v) is 9.31. The fourth-order valence-corrected chi connectivity index (χ4v) is 1.44. The van der Waals surface area contributed by atoms with Gasteiger partial charge in [0.2, 0.25) is 0 Å². The third-order valence-corrected chi connectivity index (χ3v) is 3.35. The van der Waals surface area contributed by atoms with Crippen LogP contribution in [-0.2, 0) is 0 Å². The Bertz CT molecular complexity index is 258. The molecule has 60 valence electrons. The first-order valence-electron chi connectivity index (χ1n) is 3.32. The molecule has 0 fully saturated rings. The first-order chi connectivity index (χ1) is 5.11. The molecular formula is C8H9Br2N. The van der Waals surface area contributed by atoms with E-state index in [0.717, 1.165) is 14.5 Å². The molecule has 1 nitrogen and oxygen atoms in total. The smallest absolute Gasteiger partial charge is 0.0320 e. The van der Waals surface area contributed by atoms with Gasteiger partial charge in [-0.3, -0.25) is 0 Å². The zero-order valence-electron chi connectivity index (χ0n) is 6.14. The Morgan fingerprint density at radius 2 is 1.91 bits per heavy atom. The van der Waals surface area contributed by atoms with Crippen LogP contribution in [0.1, 0.15) is 18.5 Å². The molecule has 0 spiro atoms. The van der Waals surface area contributed by atoms with Crippen LogP contribution in [0.2, 0.25) is 0 Å². The minimum Gasteiger partial charge on any atom is -0.324 e. The molecule has 1 atom stereocenters. The van der Waals surface area contributed by atoms with Gasteiger partial charge in [0.05, 0.1) is 0 Å². The second-order valence-electron chi connectivity index (χ2n) is 2.46. The number of halogens is 2. The van der Waals surface area contributed by atoms with Crippen molar-refractivity contribution in [1.29, 1.82) is 0 Å². The van der Waals surface area contributed by atoms with E-state index >= 15 is 0 Å². The van der Waals surface area contributed by atoms with Gasteiger partial charge in [-0.05, 0) is 56.5 Å². The fraction of sp³-hybridized carbons (Fsp3) is 0.250. The normalized spacial score (nSPS) is 13.1. The van der Waals surface area contributed by atoms with Crippen LogP contribution in [0.5, 0.6) is 0 Å². The van der Waals surface area contributed by atoms with Crippen LogP contribution >= 0.6 is 31.9 Å². The van der Waals surface area contributed by atoms with Crippen molar-refractivity contribution in [2.24, 2.45) is 5.73 Å². The molecular weight excluding hydrogens is 270 g/mol. The first kappa shape index (κ1) is 9.23. The quantitative estimate of drug-likeness (QED) is 0.839. The molecule has 0 aromatic heterocycles. The van der Waals surface area contributed by atoms with Crippen molar-refractivity contribution >= 4 is 31.9 Å². The van der Waals surface area contributed by atoms with Gasteiger partial charge >= 0.3 is 0 Å². The van der Waals surface area contributed by atoms with E-state index in [1.807, 2.05) is 25.1 Å². The van der Waals surface area contributed by atoms with E-state index in [9.17, 15) is 0 Å². The van der Waals surface area contributed by atoms with Crippen molar-refractivity contribution in [3.05, 3.63) is 32.7 Å². The lowest BCUT2D eigenvalue weighted by atomic mass is 10.1. The van der Waals surface area contributed by atoms with Gasteiger partial charge in [0.25, 0.3) is 0 Å². The van der Waals surface area contributed by atoms with E-state index in [0.29, 0.717) is 0 Å². The molecule has 0 aliphatic heterocycles. The van der Waals surface area contributed by atoms with Crippen LogP contribution in [0.15, 0.2) is 27.1 Å². The Morgan fingerprint density at radius 3 is 2.36 bits per heavy atom. The molecule has 0 amide bonds. The molecule has 0 saturated carbocycles. The van der Waals surface area contributed by atoms with Crippen LogP contribution in [0, 0.1) is 0 Å². The van der Waals surface area contributed by atoms with Crippen LogP contribution in [-0.4, -0.2) is 0 Å². The predicted octanol–water partition coefficient (Wildman–Crippen LogP) is 3.23. The van der Waals surface area contributed by atoms with Crippen molar-refractivity contribution < 1.29 is 0 Å². The van der Waals surface area contributed by atoms with Gasteiger partial charge in [0.1, 0.15) is 0 Å². The Balaban J connectivity index is 3.05. The summed E-state index contributed by atoms with van der Waals surface area (Å²) in [5, 5.41) is 0. The minimum atomic E-state index is 0.0967. The zero-order chi connectivity index (χ0) is 8.43. The molecule has 2 N–H and O–H groups in total. The summed E-state index contributed by atoms with van der Waals surface area (Å²) in [7, 11) is 0. The van der Waals surface area contributed by atoms with Crippen LogP contribution in [0.4, 0.5) is 0 Å². The SMILES string of the molecule is C[C@@H](N)c1ccc(Br)c(Br)c1. The number of nitrogens with two attached hydrogens (primary N) is 1. The van der Waals surface area contributed by atoms with E-state index in [1.54, 1.807) is 0 Å². The van der Waals surface area contributed by atoms with Crippen molar-refractivity contribution in [1.82, 2.24) is 0 Å². The van der Waals surface area contributed by atoms with Crippen molar-refractivity contribution in [2.45, 2.75) is 13.0 Å². The average Bonchev–Trinajstić information content (AvgIpc) is 1.94. The van der Waals surface area contributed by atoms with E-state index in [-0.39, 0.29) is 6.04 Å². The summed E-state index contributed by atoms with van der Waals surface area (Å²) in [5.74, 6) is 0. The maximum atomic E-state index is 5.70. The van der Waals surface area contributed by atoms with Crippen LogP contribution < -0.4 is 5.73 Å². The first-order valence-corrected chi connectivity index (χ1v) is 4.90. The topological polar surface area (TPSA) is 26.0 Å². The van der Waals surface area contributed by atoms with Gasteiger partial charge < -0.3 is 5.73 Å². The van der Waals surface area contributed by atoms with E-state index in [4.69, 9.17) is 5.73 Å². The van der Waals surface area contributed by atoms with Gasteiger partial charge in [0, 0.05) is 15.0 Å². The summed E-state index contributed by atoms with van der Waals surface area (Å²) in [6, 6.07) is 6.12. The maximum Gasteiger partial charge on any atom is 0.0320 e. The molecule has 0 aliphatic rings. The Hall–Kier alpha value is 0.140. The lowest BCUT2D eigenvalue weighted by Gasteiger charge is -2.05. The minimum absolute atomic E-state index is 0.0967. The van der Waals surface area contributed by atoms with Gasteiger partial charge in [-0.15, -0.1) is 0 Å². The third kappa shape index (κ3) is 2.29. The summed E-state index contributed by atoms with van der Waals surface area (Å²) in [6.45, 7) is 1.97. The van der Waals surface area contributed by atoms with Crippen molar-refractivity contribution in [2.75, 3.05) is 0 Å². The average molecular weight is 279 g/mol. The highest BCUT2D eigenvalue weighted by molar-refractivity contribution is 9.13. The number of hydrogen-bond donors (Lipinski definition) is 1. The standard InChI is InChI=1S/C8H9Br2N/c1-5(11)6-2-3-7(9)8(10)4-6/h2-5H,11H2,1H3/t5-/m1/s1. The van der Waals surface area contributed by atoms with Crippen molar-refractivity contribution in [3.63, 3.8) is 0 Å². The Labute approximate surface area is 83.2 Å². The largest absolute Gasteiger partial charge is 0.324 e. The van der Waals surface area contributed by atoms with Gasteiger partial charge in [0.15, 0.2) is 0 Å². The predicted molar refractivity (Wildman–Crippen MR) is 54.4 cm³/mol. The molecule has 0 aliphatic carbocycles. The Morgan fingerprint density at radius 1 is 1.27 bits per heavy atom. The molecule has 1 aromatic carbocycles. The lowest BCUT2D eigenvalue weighted by Crippen LogP contribution is -2.04. The third-order valence-electron chi connectivity index (χ3n) is 1.47. The maximum absolute atomic E-state index is 5.70. The molecule has 0 heterocycles. The number of benzene rings is 1. The number of rotatable bonds is 1. The summed E-state index contributed by atoms with van der Waals surface area (Å²) in [4.78, 5) is 0. The highest BCUT2D eigenvalue weighted by Gasteiger charge is 2.01. The highest BCUT2D eigenvalue weighted by Crippen LogP contribution is 2.25. The molecule has 1 rings (SSSR count). The summed E-state index contributed by atoms with van der Waals surface area (Å²) in [5.41, 5.74) is 6.84. The van der Waals surface area contributed by atoms with E-state index in [1.165, 1.54) is 0 Å². The van der Waals surface area contributed by atoms with Gasteiger partial charge in [-0.2, -0.15) is 0 Å². The monoisotopic (exact) mass is 277 g/mol. The molecule has 0 bridgehead atoms. The van der Waals surface area contributed by atoms with Gasteiger partial charge in [-0.25, -0.2) is 0 Å². The molecule has 0 unspecified atom stereocenters. The lowest BCUT2D eigenvalue weighted by molar-refractivity contribution is 0.817. The van der Waals surface area contributed by atoms with E-state index in [2.05, 4.69) is 31.9 Å². The Kier molecular flexibility index (Phi) is 3.10. The van der Waals surface area contributed by atoms with Crippen LogP contribution in [0.3, 0.4) is 0 Å². The molecule has 0 saturated heterocycles. The van der Waals surface area contributed by atoms with Gasteiger partial charge in [-0.1, -0.05) is 6.07 Å². The molecule has 3 heteroatoms. The summed E-state index contributed by atoms with van der Waals surface area (Å²) >= 11 is 6.80. The number of hydrogen-bond acceptors (Lipinski definition) is 1. The molecule has 0 radical (unpaired) electrons. The highest BCUT2D eigenvalue weighted by atomic mass is 79.9. The second-order valence-corrected chi connectivity index (χ2v) is 4.17. The fourth-order valence-electron chi connectivity index (χ4n) is 0.796. The van der Waals surface area contributed by atoms with E-state index < -0.39 is 0 Å². The van der Waals surface area contributed by atoms with Crippen molar-refractivity contribution in [3.8, 4) is 0 Å². The second kappa shape index (κ2) is 3.70. The summed E-state index contributed by atoms with van der Waals surface area (Å²) < 4.78 is 2.11.